The number of para-hydroxylation sites is 1. The van der Waals surface area contributed by atoms with E-state index < -0.39 is 0 Å². The first-order valence-electron chi connectivity index (χ1n) is 13.6. The van der Waals surface area contributed by atoms with E-state index in [4.69, 9.17) is 9.72 Å². The van der Waals surface area contributed by atoms with Crippen molar-refractivity contribution in [3.8, 4) is 11.4 Å². The number of hydrogen-bond acceptors (Lipinski definition) is 4. The molecule has 2 aromatic carbocycles. The molecule has 1 unspecified atom stereocenters. The molecule has 36 heavy (non-hydrogen) atoms. The Labute approximate surface area is 214 Å². The molecule has 1 amide bonds. The smallest absolute Gasteiger partial charge is 0.266 e. The highest BCUT2D eigenvalue weighted by Crippen LogP contribution is 2.31. The maximum atomic E-state index is 13.8. The van der Waals surface area contributed by atoms with Crippen molar-refractivity contribution in [3.63, 3.8) is 0 Å². The Bertz CT molecular complexity index is 1210. The number of nitrogens with zero attached hydrogens (tertiary/aromatic N) is 3. The number of amides is 1. The molecule has 6 heteroatoms. The topological polar surface area (TPSA) is 64.4 Å². The largest absolute Gasteiger partial charge is 0.494 e. The van der Waals surface area contributed by atoms with E-state index in [-0.39, 0.29) is 17.5 Å². The van der Waals surface area contributed by atoms with E-state index in [0.29, 0.717) is 48.6 Å². The number of ether oxygens (including phenoxy) is 1. The summed E-state index contributed by atoms with van der Waals surface area (Å²) in [6.45, 7) is 7.34. The van der Waals surface area contributed by atoms with Crippen molar-refractivity contribution in [2.75, 3.05) is 13.2 Å². The molecule has 1 aliphatic rings. The van der Waals surface area contributed by atoms with Gasteiger partial charge in [0.05, 0.1) is 29.2 Å². The fourth-order valence-electron chi connectivity index (χ4n) is 5.49. The lowest BCUT2D eigenvalue weighted by atomic mass is 10.0. The van der Waals surface area contributed by atoms with Crippen LogP contribution in [0.3, 0.4) is 0 Å². The minimum atomic E-state index is -0.287. The van der Waals surface area contributed by atoms with Gasteiger partial charge < -0.3 is 9.64 Å². The van der Waals surface area contributed by atoms with Gasteiger partial charge in [-0.15, -0.1) is 0 Å². The SMILES string of the molecule is CCCN(C(=O)CCC1CCCC1)C(CC)c1nc2ccccc2c(=O)n1-c1ccc(OCC)cc1. The van der Waals surface area contributed by atoms with Crippen molar-refractivity contribution in [1.29, 1.82) is 0 Å². The molecule has 0 radical (unpaired) electrons. The van der Waals surface area contributed by atoms with E-state index in [2.05, 4.69) is 13.8 Å². The zero-order chi connectivity index (χ0) is 25.5. The third-order valence-corrected chi connectivity index (χ3v) is 7.29. The van der Waals surface area contributed by atoms with E-state index >= 15 is 0 Å². The van der Waals surface area contributed by atoms with Gasteiger partial charge in [-0.3, -0.25) is 14.2 Å². The number of carbonyl (C=O) groups is 1. The molecule has 3 aromatic rings. The van der Waals surface area contributed by atoms with Crippen LogP contribution in [0.4, 0.5) is 0 Å². The molecule has 192 valence electrons. The predicted octanol–water partition coefficient (Wildman–Crippen LogP) is 6.44. The Balaban J connectivity index is 1.77. The Kier molecular flexibility index (Phi) is 8.79. The van der Waals surface area contributed by atoms with Gasteiger partial charge in [0.25, 0.3) is 5.56 Å². The molecule has 0 saturated heterocycles. The number of rotatable bonds is 11. The van der Waals surface area contributed by atoms with Gasteiger partial charge in [-0.1, -0.05) is 51.7 Å². The van der Waals surface area contributed by atoms with Crippen LogP contribution in [0.2, 0.25) is 0 Å². The third kappa shape index (κ3) is 5.63. The molecule has 1 heterocycles. The van der Waals surface area contributed by atoms with Crippen molar-refractivity contribution in [2.45, 2.75) is 78.2 Å². The maximum absolute atomic E-state index is 13.8. The second-order valence-corrected chi connectivity index (χ2v) is 9.75. The zero-order valence-electron chi connectivity index (χ0n) is 21.9. The fourth-order valence-corrected chi connectivity index (χ4v) is 5.49. The lowest BCUT2D eigenvalue weighted by Gasteiger charge is -2.32. The summed E-state index contributed by atoms with van der Waals surface area (Å²) in [5, 5.41) is 0.569. The number of hydrogen-bond donors (Lipinski definition) is 0. The minimum absolute atomic E-state index is 0.118. The lowest BCUT2D eigenvalue weighted by Crippen LogP contribution is -2.39. The van der Waals surface area contributed by atoms with Gasteiger partial charge in [-0.2, -0.15) is 0 Å². The molecule has 6 nitrogen and oxygen atoms in total. The van der Waals surface area contributed by atoms with Crippen LogP contribution in [0.1, 0.15) is 84.0 Å². The van der Waals surface area contributed by atoms with Crippen molar-refractivity contribution in [2.24, 2.45) is 5.92 Å². The summed E-state index contributed by atoms with van der Waals surface area (Å²) in [7, 11) is 0. The molecule has 1 atom stereocenters. The molecule has 1 aromatic heterocycles. The average Bonchev–Trinajstić information content (AvgIpc) is 3.42. The first-order valence-corrected chi connectivity index (χ1v) is 13.6. The first-order chi connectivity index (χ1) is 17.6. The quantitative estimate of drug-likeness (QED) is 0.311. The zero-order valence-corrected chi connectivity index (χ0v) is 21.9. The number of aromatic nitrogens is 2. The van der Waals surface area contributed by atoms with Crippen LogP contribution >= 0.6 is 0 Å². The number of fused-ring (bicyclic) bond motifs is 1. The van der Waals surface area contributed by atoms with Gasteiger partial charge in [0.2, 0.25) is 5.91 Å². The molecule has 1 aliphatic carbocycles. The van der Waals surface area contributed by atoms with E-state index in [1.165, 1.54) is 25.7 Å². The van der Waals surface area contributed by atoms with E-state index in [1.54, 1.807) is 4.57 Å². The van der Waals surface area contributed by atoms with Crippen LogP contribution in [-0.2, 0) is 4.79 Å². The van der Waals surface area contributed by atoms with Gasteiger partial charge in [0.15, 0.2) is 0 Å². The van der Waals surface area contributed by atoms with Crippen molar-refractivity contribution >= 4 is 16.8 Å². The highest BCUT2D eigenvalue weighted by atomic mass is 16.5. The summed E-state index contributed by atoms with van der Waals surface area (Å²) in [6.07, 6.45) is 8.08. The molecule has 1 saturated carbocycles. The second-order valence-electron chi connectivity index (χ2n) is 9.75. The van der Waals surface area contributed by atoms with Crippen LogP contribution in [0.15, 0.2) is 53.3 Å². The van der Waals surface area contributed by atoms with E-state index in [0.717, 1.165) is 24.3 Å². The molecule has 0 N–H and O–H groups in total. The van der Waals surface area contributed by atoms with E-state index in [9.17, 15) is 9.59 Å². The molecule has 1 fully saturated rings. The predicted molar refractivity (Wildman–Crippen MR) is 145 cm³/mol. The molecule has 0 bridgehead atoms. The second kappa shape index (κ2) is 12.2. The van der Waals surface area contributed by atoms with Gasteiger partial charge in [0, 0.05) is 13.0 Å². The van der Waals surface area contributed by atoms with Crippen molar-refractivity contribution < 1.29 is 9.53 Å². The Morgan fingerprint density at radius 3 is 2.47 bits per heavy atom. The molecule has 4 rings (SSSR count). The maximum Gasteiger partial charge on any atom is 0.266 e. The van der Waals surface area contributed by atoms with Crippen LogP contribution < -0.4 is 10.3 Å². The summed E-state index contributed by atoms with van der Waals surface area (Å²) in [6, 6.07) is 14.7. The Hall–Kier alpha value is -3.15. The number of carbonyl (C=O) groups excluding carboxylic acids is 1. The summed E-state index contributed by atoms with van der Waals surface area (Å²) >= 11 is 0. The highest BCUT2D eigenvalue weighted by Gasteiger charge is 2.29. The van der Waals surface area contributed by atoms with Crippen LogP contribution in [0, 0.1) is 5.92 Å². The molecule has 0 spiro atoms. The minimum Gasteiger partial charge on any atom is -0.494 e. The molecular formula is C30H39N3O3. The van der Waals surface area contributed by atoms with Crippen LogP contribution in [0.25, 0.3) is 16.6 Å². The van der Waals surface area contributed by atoms with Gasteiger partial charge in [-0.05, 0) is 68.5 Å². The van der Waals surface area contributed by atoms with Crippen LogP contribution in [0.5, 0.6) is 5.75 Å². The molecule has 0 aliphatic heterocycles. The third-order valence-electron chi connectivity index (χ3n) is 7.29. The molecular weight excluding hydrogens is 450 g/mol. The van der Waals surface area contributed by atoms with Crippen LogP contribution in [-0.4, -0.2) is 33.5 Å². The summed E-state index contributed by atoms with van der Waals surface area (Å²) in [5.41, 5.74) is 1.27. The summed E-state index contributed by atoms with van der Waals surface area (Å²) < 4.78 is 7.30. The highest BCUT2D eigenvalue weighted by molar-refractivity contribution is 5.79. The van der Waals surface area contributed by atoms with E-state index in [1.807, 2.05) is 60.4 Å². The number of benzene rings is 2. The Morgan fingerprint density at radius 1 is 1.08 bits per heavy atom. The standard InChI is InChI=1S/C30H39N3O3/c1-4-21-32(28(34)20-15-22-11-7-8-12-22)27(5-2)29-31-26-14-10-9-13-25(26)30(35)33(29)23-16-18-24(19-17-23)36-6-3/h9-10,13-14,16-19,22,27H,4-8,11-12,15,20-21H2,1-3H3. The van der Waals surface area contributed by atoms with Crippen molar-refractivity contribution in [1.82, 2.24) is 14.5 Å². The van der Waals surface area contributed by atoms with Gasteiger partial charge >= 0.3 is 0 Å². The lowest BCUT2D eigenvalue weighted by molar-refractivity contribution is -0.134. The normalized spacial score (nSPS) is 14.8. The van der Waals surface area contributed by atoms with Gasteiger partial charge in [0.1, 0.15) is 11.6 Å². The monoisotopic (exact) mass is 489 g/mol. The van der Waals surface area contributed by atoms with Gasteiger partial charge in [-0.25, -0.2) is 4.98 Å². The average molecular weight is 490 g/mol. The summed E-state index contributed by atoms with van der Waals surface area (Å²) in [4.78, 5) is 34.4. The summed E-state index contributed by atoms with van der Waals surface area (Å²) in [5.74, 6) is 2.20. The fraction of sp³-hybridized carbons (Fsp3) is 0.500. The first kappa shape index (κ1) is 25.9. The van der Waals surface area contributed by atoms with Crippen molar-refractivity contribution in [3.05, 3.63) is 64.7 Å². The Morgan fingerprint density at radius 2 is 1.81 bits per heavy atom.